The highest BCUT2D eigenvalue weighted by atomic mass is 32.2. The molecule has 0 spiro atoms. The number of aliphatic carboxylic acids is 1. The standard InChI is InChI=1S/C13H13N5O3S/c14-9-11(19)18-10(13(20)21)7(6-22-12(9)18)5-16-17-8-3-1-2-4-15-8/h1-5,9,12H,6,14H2,(H,15,17)(H,20,21)/t9?,12-/m0/s1. The van der Waals surface area contributed by atoms with E-state index in [1.807, 2.05) is 0 Å². The summed E-state index contributed by atoms with van der Waals surface area (Å²) >= 11 is 1.42. The van der Waals surface area contributed by atoms with Crippen LogP contribution in [0.25, 0.3) is 0 Å². The minimum Gasteiger partial charge on any atom is -0.477 e. The molecule has 1 aromatic heterocycles. The third-order valence-corrected chi connectivity index (χ3v) is 4.63. The molecule has 1 aromatic rings. The SMILES string of the molecule is NC1C(=O)N2C(C(=O)O)=C(C=NNc3ccccn3)CS[C@@H]12. The third-order valence-electron chi connectivity index (χ3n) is 3.31. The second kappa shape index (κ2) is 5.78. The van der Waals surface area contributed by atoms with Crippen molar-refractivity contribution >= 4 is 35.7 Å². The van der Waals surface area contributed by atoms with Gasteiger partial charge in [0, 0.05) is 17.5 Å². The van der Waals surface area contributed by atoms with E-state index in [0.717, 1.165) is 0 Å². The maximum Gasteiger partial charge on any atom is 0.353 e. The Labute approximate surface area is 130 Å². The number of hydrogen-bond donors (Lipinski definition) is 3. The van der Waals surface area contributed by atoms with E-state index in [-0.39, 0.29) is 17.0 Å². The van der Waals surface area contributed by atoms with Gasteiger partial charge in [-0.15, -0.1) is 11.8 Å². The lowest BCUT2D eigenvalue weighted by Crippen LogP contribution is -2.68. The van der Waals surface area contributed by atoms with Crippen molar-refractivity contribution in [2.45, 2.75) is 11.4 Å². The van der Waals surface area contributed by atoms with Gasteiger partial charge in [0.1, 0.15) is 22.9 Å². The fourth-order valence-electron chi connectivity index (χ4n) is 2.24. The molecular formula is C13H13N5O3S. The van der Waals surface area contributed by atoms with E-state index in [1.165, 1.54) is 22.9 Å². The number of thioether (sulfide) groups is 1. The Bertz CT molecular complexity index is 676. The summed E-state index contributed by atoms with van der Waals surface area (Å²) in [6.07, 6.45) is 3.01. The number of carboxylic acid groups (broad SMARTS) is 1. The Morgan fingerprint density at radius 1 is 1.59 bits per heavy atom. The third kappa shape index (κ3) is 2.44. The first-order valence-electron chi connectivity index (χ1n) is 6.46. The van der Waals surface area contributed by atoms with Gasteiger partial charge in [-0.1, -0.05) is 6.07 Å². The predicted octanol–water partition coefficient (Wildman–Crippen LogP) is 0.0604. The number of β-lactam (4-membered cyclic amide) rings is 1. The van der Waals surface area contributed by atoms with Crippen LogP contribution in [0.15, 0.2) is 40.8 Å². The van der Waals surface area contributed by atoms with Gasteiger partial charge in [0.05, 0.1) is 6.21 Å². The van der Waals surface area contributed by atoms with Crippen LogP contribution < -0.4 is 11.2 Å². The first-order valence-corrected chi connectivity index (χ1v) is 7.51. The number of amides is 1. The Balaban J connectivity index is 1.81. The van der Waals surface area contributed by atoms with Crippen LogP contribution >= 0.6 is 11.8 Å². The van der Waals surface area contributed by atoms with Gasteiger partial charge >= 0.3 is 5.97 Å². The van der Waals surface area contributed by atoms with Gasteiger partial charge in [0.15, 0.2) is 0 Å². The van der Waals surface area contributed by atoms with E-state index in [9.17, 15) is 14.7 Å². The number of nitrogens with two attached hydrogens (primary N) is 1. The number of aromatic nitrogens is 1. The van der Waals surface area contributed by atoms with Crippen molar-refractivity contribution in [3.8, 4) is 0 Å². The molecule has 0 aromatic carbocycles. The van der Waals surface area contributed by atoms with Gasteiger partial charge < -0.3 is 10.8 Å². The van der Waals surface area contributed by atoms with E-state index >= 15 is 0 Å². The maximum absolute atomic E-state index is 11.8. The highest BCUT2D eigenvalue weighted by Crippen LogP contribution is 2.38. The van der Waals surface area contributed by atoms with E-state index in [4.69, 9.17) is 5.73 Å². The number of fused-ring (bicyclic) bond motifs is 1. The second-order valence-electron chi connectivity index (χ2n) is 4.70. The normalized spacial score (nSPS) is 24.2. The quantitative estimate of drug-likeness (QED) is 0.407. The van der Waals surface area contributed by atoms with Crippen molar-refractivity contribution < 1.29 is 14.7 Å². The molecule has 1 unspecified atom stereocenters. The molecule has 1 amide bonds. The molecule has 3 heterocycles. The number of carbonyl (C=O) groups is 2. The molecule has 0 aliphatic carbocycles. The minimum atomic E-state index is -1.16. The summed E-state index contributed by atoms with van der Waals surface area (Å²) in [5.74, 6) is -0.570. The lowest BCUT2D eigenvalue weighted by molar-refractivity contribution is -0.147. The summed E-state index contributed by atoms with van der Waals surface area (Å²) in [6, 6.07) is 4.67. The molecule has 114 valence electrons. The number of nitrogens with zero attached hydrogens (tertiary/aromatic N) is 3. The lowest BCUT2D eigenvalue weighted by atomic mass is 10.0. The highest BCUT2D eigenvalue weighted by molar-refractivity contribution is 8.00. The Morgan fingerprint density at radius 2 is 2.41 bits per heavy atom. The zero-order valence-electron chi connectivity index (χ0n) is 11.3. The van der Waals surface area contributed by atoms with Crippen molar-refractivity contribution in [3.63, 3.8) is 0 Å². The molecule has 0 saturated carbocycles. The summed E-state index contributed by atoms with van der Waals surface area (Å²) in [7, 11) is 0. The van der Waals surface area contributed by atoms with Gasteiger partial charge in [-0.25, -0.2) is 9.78 Å². The summed E-state index contributed by atoms with van der Waals surface area (Å²) in [6.45, 7) is 0. The van der Waals surface area contributed by atoms with Crippen molar-refractivity contribution in [2.24, 2.45) is 10.8 Å². The van der Waals surface area contributed by atoms with Crippen LogP contribution in [0.1, 0.15) is 0 Å². The number of carboxylic acids is 1. The lowest BCUT2D eigenvalue weighted by Gasteiger charge is -2.47. The Hall–Kier alpha value is -2.39. The average molecular weight is 319 g/mol. The van der Waals surface area contributed by atoms with Gasteiger partial charge in [-0.3, -0.25) is 15.1 Å². The van der Waals surface area contributed by atoms with Crippen LogP contribution in [0.3, 0.4) is 0 Å². The van der Waals surface area contributed by atoms with E-state index < -0.39 is 12.0 Å². The minimum absolute atomic E-state index is 0.0537. The first kappa shape index (κ1) is 14.5. The zero-order chi connectivity index (χ0) is 15.7. The number of hydrazone groups is 1. The van der Waals surface area contributed by atoms with E-state index in [0.29, 0.717) is 17.1 Å². The molecule has 2 atom stereocenters. The number of pyridine rings is 1. The Kier molecular flexibility index (Phi) is 3.82. The summed E-state index contributed by atoms with van der Waals surface area (Å²) in [5, 5.41) is 13.0. The van der Waals surface area contributed by atoms with Crippen LogP contribution in [0, 0.1) is 0 Å². The molecule has 0 radical (unpaired) electrons. The molecule has 3 rings (SSSR count). The van der Waals surface area contributed by atoms with Gasteiger partial charge in [0.2, 0.25) is 5.91 Å². The van der Waals surface area contributed by atoms with Crippen LogP contribution in [0.4, 0.5) is 5.82 Å². The van der Waals surface area contributed by atoms with Crippen LogP contribution in [-0.4, -0.2) is 50.3 Å². The summed E-state index contributed by atoms with van der Waals surface area (Å²) in [5.41, 5.74) is 8.79. The predicted molar refractivity (Wildman–Crippen MR) is 82.1 cm³/mol. The molecule has 0 bridgehead atoms. The number of nitrogens with one attached hydrogen (secondary N) is 1. The van der Waals surface area contributed by atoms with Gasteiger partial charge in [0.25, 0.3) is 0 Å². The summed E-state index contributed by atoms with van der Waals surface area (Å²) in [4.78, 5) is 28.5. The molecular weight excluding hydrogens is 306 g/mol. The molecule has 1 saturated heterocycles. The molecule has 1 fully saturated rings. The topological polar surface area (TPSA) is 121 Å². The number of hydrogen-bond acceptors (Lipinski definition) is 7. The van der Waals surface area contributed by atoms with E-state index in [2.05, 4.69) is 15.5 Å². The van der Waals surface area contributed by atoms with Crippen molar-refractivity contribution in [1.29, 1.82) is 0 Å². The first-order chi connectivity index (χ1) is 10.6. The maximum atomic E-state index is 11.8. The number of carbonyl (C=O) groups excluding carboxylic acids is 1. The van der Waals surface area contributed by atoms with Crippen LogP contribution in [-0.2, 0) is 9.59 Å². The molecule has 8 nitrogen and oxygen atoms in total. The Morgan fingerprint density at radius 3 is 3.09 bits per heavy atom. The van der Waals surface area contributed by atoms with Crippen molar-refractivity contribution in [3.05, 3.63) is 35.7 Å². The molecule has 2 aliphatic heterocycles. The fourth-order valence-corrected chi connectivity index (χ4v) is 3.49. The smallest absolute Gasteiger partial charge is 0.353 e. The fraction of sp³-hybridized carbons (Fsp3) is 0.231. The number of rotatable bonds is 4. The van der Waals surface area contributed by atoms with Crippen LogP contribution in [0.2, 0.25) is 0 Å². The monoisotopic (exact) mass is 319 g/mol. The average Bonchev–Trinajstić information content (AvgIpc) is 2.54. The van der Waals surface area contributed by atoms with Crippen LogP contribution in [0.5, 0.6) is 0 Å². The van der Waals surface area contributed by atoms with Crippen molar-refractivity contribution in [2.75, 3.05) is 11.2 Å². The van der Waals surface area contributed by atoms with Gasteiger partial charge in [-0.05, 0) is 12.1 Å². The summed E-state index contributed by atoms with van der Waals surface area (Å²) < 4.78 is 0. The highest BCUT2D eigenvalue weighted by Gasteiger charge is 2.51. The van der Waals surface area contributed by atoms with Crippen molar-refractivity contribution in [1.82, 2.24) is 9.88 Å². The number of anilines is 1. The van der Waals surface area contributed by atoms with Gasteiger partial charge in [-0.2, -0.15) is 5.10 Å². The second-order valence-corrected chi connectivity index (χ2v) is 5.80. The molecule has 9 heteroatoms. The molecule has 2 aliphatic rings. The largest absolute Gasteiger partial charge is 0.477 e. The molecule has 4 N–H and O–H groups in total. The molecule has 22 heavy (non-hydrogen) atoms. The van der Waals surface area contributed by atoms with E-state index in [1.54, 1.807) is 24.4 Å². The zero-order valence-corrected chi connectivity index (χ0v) is 12.2.